The van der Waals surface area contributed by atoms with Crippen LogP contribution in [0.5, 0.6) is 0 Å². The molecule has 0 saturated carbocycles. The Morgan fingerprint density at radius 1 is 1.28 bits per heavy atom. The summed E-state index contributed by atoms with van der Waals surface area (Å²) in [6, 6.07) is 0.634. The summed E-state index contributed by atoms with van der Waals surface area (Å²) in [7, 11) is 0. The molecule has 1 aliphatic heterocycles. The van der Waals surface area contributed by atoms with Crippen molar-refractivity contribution < 1.29 is 35.9 Å². The third kappa shape index (κ3) is 3.96. The Balaban J connectivity index is 2.08. The normalized spacial score (nSPS) is 23.3. The van der Waals surface area contributed by atoms with Gasteiger partial charge in [-0.2, -0.15) is 13.9 Å². The number of carbonyl (C=O) groups excluding carboxylic acids is 1. The average Bonchev–Trinajstić information content (AvgIpc) is 3.09. The number of alkyl halides is 4. The fourth-order valence-corrected chi connectivity index (χ4v) is 3.62. The third-order valence-electron chi connectivity index (χ3n) is 5.15. The highest BCUT2D eigenvalue weighted by Crippen LogP contribution is 2.46. The van der Waals surface area contributed by atoms with Gasteiger partial charge in [0, 0.05) is 23.2 Å². The van der Waals surface area contributed by atoms with E-state index in [9.17, 15) is 31.1 Å². The quantitative estimate of drug-likeness (QED) is 0.620. The molecule has 3 rings (SSSR count). The van der Waals surface area contributed by atoms with E-state index in [-0.39, 0.29) is 4.68 Å². The minimum Gasteiger partial charge on any atom is -0.462 e. The number of hydrogen-bond donors (Lipinski definition) is 2. The molecule has 1 aliphatic rings. The maximum atomic E-state index is 14.7. The minimum absolute atomic E-state index is 0.113. The van der Waals surface area contributed by atoms with Crippen molar-refractivity contribution in [3.05, 3.63) is 46.2 Å². The number of anilines is 1. The molecule has 0 fully saturated rings. The minimum atomic E-state index is -3.33. The molecule has 2 heterocycles. The van der Waals surface area contributed by atoms with Crippen LogP contribution in [0.4, 0.5) is 32.0 Å². The van der Waals surface area contributed by atoms with Crippen LogP contribution in [0.3, 0.4) is 0 Å². The number of rotatable bonds is 5. The molecule has 0 radical (unpaired) electrons. The molecule has 1 aromatic heterocycles. The molecule has 1 unspecified atom stereocenters. The van der Waals surface area contributed by atoms with Gasteiger partial charge in [0.05, 0.1) is 11.2 Å². The van der Waals surface area contributed by atoms with Crippen molar-refractivity contribution in [2.24, 2.45) is 16.6 Å². The number of amides is 1. The number of nitrogens with two attached hydrogens (primary N) is 1. The fraction of sp³-hybridized carbons (Fsp3) is 0.389. The second-order valence-corrected chi connectivity index (χ2v) is 7.45. The number of aromatic nitrogens is 2. The van der Waals surface area contributed by atoms with Gasteiger partial charge in [0.1, 0.15) is 6.10 Å². The number of aliphatic imine (C=N–C) groups is 1. The van der Waals surface area contributed by atoms with Crippen LogP contribution in [-0.2, 0) is 10.3 Å². The highest BCUT2D eigenvalue weighted by Gasteiger charge is 2.54. The number of hydrogen-bond acceptors (Lipinski definition) is 5. The fourth-order valence-electron chi connectivity index (χ4n) is 3.40. The predicted octanol–water partition coefficient (Wildman–Crippen LogP) is 4.29. The van der Waals surface area contributed by atoms with Crippen molar-refractivity contribution in [2.75, 3.05) is 5.32 Å². The SMILES string of the molecule is CC1OC(N)=N[C@](c2cc(NC(=O)c3nn(C(F)F)cc3Cl)cc(F)c2F)(C(F)F)[C@@H]1C. The molecular formula is C18H16ClF6N5O2. The van der Waals surface area contributed by atoms with Gasteiger partial charge in [0.15, 0.2) is 22.9 Å². The Morgan fingerprint density at radius 2 is 1.94 bits per heavy atom. The van der Waals surface area contributed by atoms with Crippen molar-refractivity contribution in [1.29, 1.82) is 0 Å². The van der Waals surface area contributed by atoms with Gasteiger partial charge in [-0.25, -0.2) is 27.2 Å². The van der Waals surface area contributed by atoms with Crippen LogP contribution in [0.25, 0.3) is 0 Å². The van der Waals surface area contributed by atoms with Crippen LogP contribution in [0.1, 0.15) is 36.4 Å². The topological polar surface area (TPSA) is 94.5 Å². The Hall–Kier alpha value is -2.96. The summed E-state index contributed by atoms with van der Waals surface area (Å²) in [5, 5.41) is 4.95. The van der Waals surface area contributed by atoms with E-state index in [2.05, 4.69) is 15.4 Å². The van der Waals surface area contributed by atoms with Gasteiger partial charge in [-0.3, -0.25) is 4.79 Å². The molecule has 0 bridgehead atoms. The lowest BCUT2D eigenvalue weighted by Crippen LogP contribution is -2.51. The monoisotopic (exact) mass is 483 g/mol. The lowest BCUT2D eigenvalue weighted by atomic mass is 9.76. The van der Waals surface area contributed by atoms with Gasteiger partial charge >= 0.3 is 6.55 Å². The number of nitrogens with zero attached hydrogens (tertiary/aromatic N) is 3. The van der Waals surface area contributed by atoms with E-state index in [4.69, 9.17) is 22.1 Å². The van der Waals surface area contributed by atoms with Gasteiger partial charge in [0.2, 0.25) is 0 Å². The maximum absolute atomic E-state index is 14.7. The molecule has 1 amide bonds. The average molecular weight is 484 g/mol. The predicted molar refractivity (Wildman–Crippen MR) is 102 cm³/mol. The van der Waals surface area contributed by atoms with Gasteiger partial charge in [-0.1, -0.05) is 18.5 Å². The van der Waals surface area contributed by atoms with Crippen LogP contribution in [0.15, 0.2) is 23.3 Å². The molecule has 0 saturated heterocycles. The number of amidine groups is 1. The van der Waals surface area contributed by atoms with E-state index in [1.807, 2.05) is 0 Å². The Labute approximate surface area is 182 Å². The molecule has 32 heavy (non-hydrogen) atoms. The Kier molecular flexibility index (Phi) is 6.31. The van der Waals surface area contributed by atoms with Crippen molar-refractivity contribution >= 4 is 29.2 Å². The molecule has 3 N–H and O–H groups in total. The van der Waals surface area contributed by atoms with E-state index < -0.39 is 76.1 Å². The van der Waals surface area contributed by atoms with Gasteiger partial charge < -0.3 is 15.8 Å². The van der Waals surface area contributed by atoms with Crippen LogP contribution in [-0.4, -0.2) is 34.2 Å². The largest absolute Gasteiger partial charge is 0.462 e. The summed E-state index contributed by atoms with van der Waals surface area (Å²) < 4.78 is 88.3. The van der Waals surface area contributed by atoms with E-state index >= 15 is 0 Å². The summed E-state index contributed by atoms with van der Waals surface area (Å²) in [4.78, 5) is 16.0. The zero-order valence-corrected chi connectivity index (χ0v) is 17.2. The van der Waals surface area contributed by atoms with Crippen molar-refractivity contribution in [2.45, 2.75) is 38.5 Å². The molecule has 2 aromatic rings. The molecule has 7 nitrogen and oxygen atoms in total. The van der Waals surface area contributed by atoms with E-state index in [0.29, 0.717) is 12.3 Å². The van der Waals surface area contributed by atoms with Crippen molar-refractivity contribution in [3.8, 4) is 0 Å². The van der Waals surface area contributed by atoms with Crippen LogP contribution < -0.4 is 11.1 Å². The molecule has 3 atom stereocenters. The maximum Gasteiger partial charge on any atom is 0.333 e. The number of benzene rings is 1. The Morgan fingerprint density at radius 3 is 2.50 bits per heavy atom. The first-order chi connectivity index (χ1) is 14.9. The Bertz CT molecular complexity index is 1080. The van der Waals surface area contributed by atoms with Crippen LogP contribution >= 0.6 is 11.6 Å². The summed E-state index contributed by atoms with van der Waals surface area (Å²) in [6.07, 6.45) is -3.58. The first kappa shape index (κ1) is 23.7. The standard InChI is InChI=1S/C18H16ClF6N5O2/c1-6-7(2)32-17(26)28-18(6,15(22)23)9-3-8(4-11(20)12(9)21)27-14(31)13-10(19)5-30(29-13)16(24)25/h3-7,15-16H,1-2H3,(H2,26,28)(H,27,31)/t6-,7?,18-/m1/s1. The smallest absolute Gasteiger partial charge is 0.333 e. The number of ether oxygens (including phenoxy) is 1. The first-order valence-corrected chi connectivity index (χ1v) is 9.40. The number of nitrogens with one attached hydrogen (secondary N) is 1. The van der Waals surface area contributed by atoms with Gasteiger partial charge in [0.25, 0.3) is 18.4 Å². The van der Waals surface area contributed by atoms with Crippen molar-refractivity contribution in [3.63, 3.8) is 0 Å². The second kappa shape index (κ2) is 8.52. The summed E-state index contributed by atoms with van der Waals surface area (Å²) in [6.45, 7) is -0.383. The zero-order chi connectivity index (χ0) is 24.0. The second-order valence-electron chi connectivity index (χ2n) is 7.04. The first-order valence-electron chi connectivity index (χ1n) is 9.02. The highest BCUT2D eigenvalue weighted by atomic mass is 35.5. The molecule has 0 aliphatic carbocycles. The molecule has 14 heteroatoms. The molecule has 0 spiro atoms. The van der Waals surface area contributed by atoms with E-state index in [1.165, 1.54) is 13.8 Å². The third-order valence-corrected chi connectivity index (χ3v) is 5.43. The lowest BCUT2D eigenvalue weighted by Gasteiger charge is -2.41. The van der Waals surface area contributed by atoms with Gasteiger partial charge in [-0.15, -0.1) is 0 Å². The van der Waals surface area contributed by atoms with E-state index in [1.54, 1.807) is 0 Å². The summed E-state index contributed by atoms with van der Waals surface area (Å²) in [5.74, 6) is -5.51. The van der Waals surface area contributed by atoms with Crippen molar-refractivity contribution in [1.82, 2.24) is 9.78 Å². The molecule has 1 aromatic carbocycles. The lowest BCUT2D eigenvalue weighted by molar-refractivity contribution is -0.0366. The van der Waals surface area contributed by atoms with Crippen LogP contribution in [0, 0.1) is 17.6 Å². The number of carbonyl (C=O) groups is 1. The van der Waals surface area contributed by atoms with Crippen LogP contribution in [0.2, 0.25) is 5.02 Å². The van der Waals surface area contributed by atoms with E-state index in [0.717, 1.165) is 6.07 Å². The highest BCUT2D eigenvalue weighted by molar-refractivity contribution is 6.34. The molecular weight excluding hydrogens is 468 g/mol. The summed E-state index contributed by atoms with van der Waals surface area (Å²) >= 11 is 5.72. The summed E-state index contributed by atoms with van der Waals surface area (Å²) in [5.41, 5.74) is 0.879. The zero-order valence-electron chi connectivity index (χ0n) is 16.4. The molecule has 174 valence electrons. The number of halogens is 7. The van der Waals surface area contributed by atoms with Gasteiger partial charge in [-0.05, 0) is 13.0 Å².